The molecular formula is C15H18INO4. The van der Waals surface area contributed by atoms with Crippen molar-refractivity contribution in [2.75, 3.05) is 6.61 Å². The predicted molar refractivity (Wildman–Crippen MR) is 81.3 cm³/mol. The van der Waals surface area contributed by atoms with Crippen LogP contribution in [0.15, 0.2) is 0 Å². The lowest BCUT2D eigenvalue weighted by atomic mass is 9.72. The van der Waals surface area contributed by atoms with Gasteiger partial charge in [-0.2, -0.15) is 5.26 Å². The van der Waals surface area contributed by atoms with Crippen LogP contribution in [0.4, 0.5) is 0 Å². The summed E-state index contributed by atoms with van der Waals surface area (Å²) in [7, 11) is 0. The van der Waals surface area contributed by atoms with Crippen molar-refractivity contribution in [1.29, 1.82) is 5.26 Å². The van der Waals surface area contributed by atoms with E-state index in [2.05, 4.69) is 28.7 Å². The van der Waals surface area contributed by atoms with Crippen molar-refractivity contribution in [2.45, 2.75) is 42.6 Å². The molecule has 3 aliphatic rings. The van der Waals surface area contributed by atoms with Gasteiger partial charge in [0.05, 0.1) is 12.7 Å². The zero-order valence-corrected chi connectivity index (χ0v) is 14.3. The minimum atomic E-state index is -0.920. The Morgan fingerprint density at radius 2 is 2.38 bits per heavy atom. The number of esters is 2. The minimum Gasteiger partial charge on any atom is -0.464 e. The second-order valence-corrected chi connectivity index (χ2v) is 8.95. The molecule has 3 fully saturated rings. The van der Waals surface area contributed by atoms with Crippen LogP contribution in [0.2, 0.25) is 0 Å². The average molecular weight is 403 g/mol. The van der Waals surface area contributed by atoms with Crippen LogP contribution in [0, 0.1) is 34.5 Å². The first-order valence-electron chi connectivity index (χ1n) is 7.34. The van der Waals surface area contributed by atoms with Gasteiger partial charge in [-0.15, -0.1) is 0 Å². The van der Waals surface area contributed by atoms with Crippen molar-refractivity contribution in [3.8, 4) is 6.07 Å². The molecule has 0 radical (unpaired) electrons. The third-order valence-electron chi connectivity index (χ3n) is 5.50. The second-order valence-electron chi connectivity index (χ2n) is 6.57. The van der Waals surface area contributed by atoms with Crippen LogP contribution < -0.4 is 0 Å². The average Bonchev–Trinajstić information content (AvgIpc) is 3.04. The number of alkyl halides is 1. The molecule has 2 bridgehead atoms. The highest BCUT2D eigenvalue weighted by molar-refractivity contribution is 14.1. The number of rotatable bonds is 4. The van der Waals surface area contributed by atoms with Gasteiger partial charge in [-0.3, -0.25) is 9.59 Å². The van der Waals surface area contributed by atoms with Crippen LogP contribution in [-0.2, 0) is 19.1 Å². The Morgan fingerprint density at radius 1 is 1.67 bits per heavy atom. The van der Waals surface area contributed by atoms with Crippen molar-refractivity contribution >= 4 is 34.5 Å². The Balaban J connectivity index is 1.68. The molecule has 1 saturated heterocycles. The van der Waals surface area contributed by atoms with Gasteiger partial charge in [0.1, 0.15) is 9.53 Å². The first-order valence-corrected chi connectivity index (χ1v) is 8.42. The second kappa shape index (κ2) is 4.83. The molecule has 0 aromatic rings. The number of carbonyl (C=O) groups is 2. The van der Waals surface area contributed by atoms with Gasteiger partial charge in [-0.1, -0.05) is 29.5 Å². The van der Waals surface area contributed by atoms with E-state index in [0.29, 0.717) is 12.8 Å². The number of ether oxygens (including phenoxy) is 2. The number of nitrogens with zero attached hydrogens (tertiary/aromatic N) is 1. The van der Waals surface area contributed by atoms with Crippen molar-refractivity contribution < 1.29 is 19.1 Å². The highest BCUT2D eigenvalue weighted by Crippen LogP contribution is 2.63. The first-order chi connectivity index (χ1) is 9.85. The summed E-state index contributed by atoms with van der Waals surface area (Å²) in [5, 5.41) is 9.34. The summed E-state index contributed by atoms with van der Waals surface area (Å²) in [5.41, 5.74) is -0.920. The van der Waals surface area contributed by atoms with Gasteiger partial charge in [0.25, 0.3) is 0 Å². The van der Waals surface area contributed by atoms with Crippen LogP contribution in [0.1, 0.15) is 33.1 Å². The molecule has 2 saturated carbocycles. The lowest BCUT2D eigenvalue weighted by Crippen LogP contribution is -2.38. The van der Waals surface area contributed by atoms with Gasteiger partial charge in [-0.05, 0) is 32.1 Å². The molecular weight excluding hydrogens is 385 g/mol. The van der Waals surface area contributed by atoms with E-state index in [9.17, 15) is 14.9 Å². The Kier molecular flexibility index (Phi) is 3.47. The summed E-state index contributed by atoms with van der Waals surface area (Å²) >= 11 is 2.11. The summed E-state index contributed by atoms with van der Waals surface area (Å²) < 4.78 is 10.4. The van der Waals surface area contributed by atoms with E-state index in [0.717, 1.165) is 6.42 Å². The number of nitriles is 1. The SMILES string of the molecule is CCC(C)(I)C(=O)OCC1C2CC3C1OC(=O)C3(C#N)C2. The van der Waals surface area contributed by atoms with Crippen LogP contribution in [0.5, 0.6) is 0 Å². The van der Waals surface area contributed by atoms with Gasteiger partial charge in [0, 0.05) is 11.8 Å². The highest BCUT2D eigenvalue weighted by atomic mass is 127. The zero-order chi connectivity index (χ0) is 15.4. The predicted octanol–water partition coefficient (Wildman–Crippen LogP) is 2.22. The van der Waals surface area contributed by atoms with Gasteiger partial charge >= 0.3 is 11.9 Å². The Hall–Kier alpha value is -0.840. The maximum Gasteiger partial charge on any atom is 0.327 e. The van der Waals surface area contributed by atoms with Crippen molar-refractivity contribution in [2.24, 2.45) is 23.2 Å². The Morgan fingerprint density at radius 3 is 3.00 bits per heavy atom. The van der Waals surface area contributed by atoms with Crippen LogP contribution in [-0.4, -0.2) is 28.1 Å². The van der Waals surface area contributed by atoms with Gasteiger partial charge < -0.3 is 9.47 Å². The molecule has 0 N–H and O–H groups in total. The molecule has 6 atom stereocenters. The molecule has 6 heteroatoms. The summed E-state index contributed by atoms with van der Waals surface area (Å²) in [4.78, 5) is 24.0. The third-order valence-corrected chi connectivity index (χ3v) is 6.70. The third kappa shape index (κ3) is 2.00. The van der Waals surface area contributed by atoms with E-state index in [-0.39, 0.29) is 42.4 Å². The van der Waals surface area contributed by atoms with Crippen LogP contribution in [0.25, 0.3) is 0 Å². The van der Waals surface area contributed by atoms with Crippen molar-refractivity contribution in [1.82, 2.24) is 0 Å². The lowest BCUT2D eigenvalue weighted by molar-refractivity contribution is -0.150. The number of fused-ring (bicyclic) bond motifs is 1. The monoisotopic (exact) mass is 403 g/mol. The molecule has 0 aromatic heterocycles. The smallest absolute Gasteiger partial charge is 0.327 e. The van der Waals surface area contributed by atoms with E-state index in [4.69, 9.17) is 9.47 Å². The number of halogens is 1. The zero-order valence-electron chi connectivity index (χ0n) is 12.1. The van der Waals surface area contributed by atoms with Crippen LogP contribution in [0.3, 0.4) is 0 Å². The molecule has 1 heterocycles. The quantitative estimate of drug-likeness (QED) is 0.409. The van der Waals surface area contributed by atoms with Crippen molar-refractivity contribution in [3.63, 3.8) is 0 Å². The molecule has 1 aliphatic heterocycles. The summed E-state index contributed by atoms with van der Waals surface area (Å²) in [6.45, 7) is 4.09. The molecule has 6 unspecified atom stereocenters. The topological polar surface area (TPSA) is 76.4 Å². The molecule has 114 valence electrons. The standard InChI is InChI=1S/C15H18INO4/c1-3-14(2,16)12(18)20-6-9-8-4-10-11(9)21-13(19)15(10,5-8)7-17/h8-11H,3-6H2,1-2H3. The molecule has 3 rings (SSSR count). The number of carbonyl (C=O) groups excluding carboxylic acids is 2. The summed E-state index contributed by atoms with van der Waals surface area (Å²) in [5.74, 6) is -0.300. The van der Waals surface area contributed by atoms with E-state index < -0.39 is 8.84 Å². The van der Waals surface area contributed by atoms with Gasteiger partial charge in [0.15, 0.2) is 5.41 Å². The normalized spacial score (nSPS) is 42.3. The molecule has 2 aliphatic carbocycles. The lowest BCUT2D eigenvalue weighted by Gasteiger charge is -2.28. The van der Waals surface area contributed by atoms with E-state index >= 15 is 0 Å². The maximum atomic E-state index is 12.1. The van der Waals surface area contributed by atoms with E-state index in [1.54, 1.807) is 0 Å². The number of hydrogen-bond acceptors (Lipinski definition) is 5. The maximum absolute atomic E-state index is 12.1. The summed E-state index contributed by atoms with van der Waals surface area (Å²) in [6, 6.07) is 2.19. The Bertz CT molecular complexity index is 540. The first kappa shape index (κ1) is 15.1. The molecule has 0 spiro atoms. The van der Waals surface area contributed by atoms with E-state index in [1.165, 1.54) is 0 Å². The van der Waals surface area contributed by atoms with Gasteiger partial charge in [0.2, 0.25) is 0 Å². The Labute approximate surface area is 137 Å². The number of hydrogen-bond donors (Lipinski definition) is 0. The van der Waals surface area contributed by atoms with Crippen molar-refractivity contribution in [3.05, 3.63) is 0 Å². The molecule has 0 amide bonds. The fourth-order valence-corrected chi connectivity index (χ4v) is 4.14. The van der Waals surface area contributed by atoms with E-state index in [1.807, 2.05) is 13.8 Å². The molecule has 0 aromatic carbocycles. The summed E-state index contributed by atoms with van der Waals surface area (Å²) in [6.07, 6.45) is 1.85. The van der Waals surface area contributed by atoms with Crippen LogP contribution >= 0.6 is 22.6 Å². The van der Waals surface area contributed by atoms with Gasteiger partial charge in [-0.25, -0.2) is 0 Å². The fraction of sp³-hybridized carbons (Fsp3) is 0.800. The highest BCUT2D eigenvalue weighted by Gasteiger charge is 2.71. The minimum absolute atomic E-state index is 0.0131. The largest absolute Gasteiger partial charge is 0.464 e. The fourth-order valence-electron chi connectivity index (χ4n) is 3.99. The molecule has 21 heavy (non-hydrogen) atoms. The molecule has 5 nitrogen and oxygen atoms in total.